The van der Waals surface area contributed by atoms with E-state index >= 15 is 0 Å². The lowest BCUT2D eigenvalue weighted by molar-refractivity contribution is 0.0953. The summed E-state index contributed by atoms with van der Waals surface area (Å²) in [6.07, 6.45) is 0.487. The normalized spacial score (nSPS) is 10.6. The second kappa shape index (κ2) is 7.40. The van der Waals surface area contributed by atoms with Gasteiger partial charge in [0.25, 0.3) is 5.91 Å². The Morgan fingerprint density at radius 3 is 2.75 bits per heavy atom. The summed E-state index contributed by atoms with van der Waals surface area (Å²) in [5.41, 5.74) is 2.67. The van der Waals surface area contributed by atoms with Gasteiger partial charge in [0, 0.05) is 28.6 Å². The van der Waals surface area contributed by atoms with E-state index in [0.717, 1.165) is 15.6 Å². The van der Waals surface area contributed by atoms with Crippen molar-refractivity contribution in [3.05, 3.63) is 70.0 Å². The standard InChI is InChI=1S/C18H16BrN3O2/c1-12-3-2-4-14(11-12)17-21-16(24-22-17)9-10-20-18(23)13-5-7-15(19)8-6-13/h2-8,11H,9-10H2,1H3,(H,20,23). The van der Waals surface area contributed by atoms with E-state index in [2.05, 4.69) is 31.4 Å². The van der Waals surface area contributed by atoms with Crippen LogP contribution in [0.5, 0.6) is 0 Å². The molecule has 0 atom stereocenters. The zero-order valence-corrected chi connectivity index (χ0v) is 14.7. The van der Waals surface area contributed by atoms with Crippen LogP contribution in [0.3, 0.4) is 0 Å². The van der Waals surface area contributed by atoms with E-state index < -0.39 is 0 Å². The Morgan fingerprint density at radius 1 is 1.21 bits per heavy atom. The highest BCUT2D eigenvalue weighted by Gasteiger charge is 2.10. The molecule has 0 fully saturated rings. The maximum Gasteiger partial charge on any atom is 0.251 e. The predicted molar refractivity (Wildman–Crippen MR) is 94.7 cm³/mol. The molecule has 1 amide bonds. The maximum absolute atomic E-state index is 12.0. The van der Waals surface area contributed by atoms with Crippen LogP contribution in [0, 0.1) is 6.92 Å². The highest BCUT2D eigenvalue weighted by molar-refractivity contribution is 9.10. The van der Waals surface area contributed by atoms with Gasteiger partial charge in [-0.1, -0.05) is 44.8 Å². The molecule has 1 aromatic heterocycles. The van der Waals surface area contributed by atoms with Crippen LogP contribution in [-0.4, -0.2) is 22.6 Å². The van der Waals surface area contributed by atoms with E-state index in [9.17, 15) is 4.79 Å². The molecule has 1 heterocycles. The van der Waals surface area contributed by atoms with Crippen LogP contribution in [0.4, 0.5) is 0 Å². The molecule has 5 nitrogen and oxygen atoms in total. The Hall–Kier alpha value is -2.47. The topological polar surface area (TPSA) is 68.0 Å². The first-order chi connectivity index (χ1) is 11.6. The number of rotatable bonds is 5. The van der Waals surface area contributed by atoms with Crippen molar-refractivity contribution in [2.45, 2.75) is 13.3 Å². The quantitative estimate of drug-likeness (QED) is 0.725. The molecule has 0 aliphatic carbocycles. The first-order valence-electron chi connectivity index (χ1n) is 7.55. The molecular weight excluding hydrogens is 370 g/mol. The van der Waals surface area contributed by atoms with Gasteiger partial charge < -0.3 is 9.84 Å². The number of benzene rings is 2. The zero-order chi connectivity index (χ0) is 16.9. The third-order valence-corrected chi connectivity index (χ3v) is 4.00. The van der Waals surface area contributed by atoms with E-state index in [0.29, 0.717) is 30.2 Å². The number of halogens is 1. The fourth-order valence-corrected chi connectivity index (χ4v) is 2.51. The predicted octanol–water partition coefficient (Wildman–Crippen LogP) is 3.78. The first-order valence-corrected chi connectivity index (χ1v) is 8.34. The molecule has 0 bridgehead atoms. The average Bonchev–Trinajstić information content (AvgIpc) is 3.04. The summed E-state index contributed by atoms with van der Waals surface area (Å²) in [7, 11) is 0. The number of carbonyl (C=O) groups excluding carboxylic acids is 1. The Bertz CT molecular complexity index is 843. The van der Waals surface area contributed by atoms with Crippen molar-refractivity contribution < 1.29 is 9.32 Å². The van der Waals surface area contributed by atoms with Gasteiger partial charge in [0.2, 0.25) is 11.7 Å². The Morgan fingerprint density at radius 2 is 2.00 bits per heavy atom. The smallest absolute Gasteiger partial charge is 0.251 e. The molecule has 0 saturated carbocycles. The van der Waals surface area contributed by atoms with E-state index in [-0.39, 0.29) is 5.91 Å². The number of aryl methyl sites for hydroxylation is 1. The molecular formula is C18H16BrN3O2. The number of amides is 1. The Kier molecular flexibility index (Phi) is 5.05. The summed E-state index contributed by atoms with van der Waals surface area (Å²) in [6, 6.07) is 15.1. The minimum Gasteiger partial charge on any atom is -0.352 e. The minimum atomic E-state index is -0.124. The molecule has 0 saturated heterocycles. The molecule has 0 spiro atoms. The summed E-state index contributed by atoms with van der Waals surface area (Å²) < 4.78 is 6.18. The van der Waals surface area contributed by atoms with Gasteiger partial charge in [0.15, 0.2) is 0 Å². The molecule has 0 unspecified atom stereocenters. The highest BCUT2D eigenvalue weighted by Crippen LogP contribution is 2.17. The van der Waals surface area contributed by atoms with E-state index in [1.807, 2.05) is 43.3 Å². The summed E-state index contributed by atoms with van der Waals surface area (Å²) in [5.74, 6) is 0.941. The summed E-state index contributed by atoms with van der Waals surface area (Å²) in [5, 5.41) is 6.83. The van der Waals surface area contributed by atoms with Crippen molar-refractivity contribution >= 4 is 21.8 Å². The summed E-state index contributed by atoms with van der Waals surface area (Å²) >= 11 is 3.34. The molecule has 3 aromatic rings. The second-order valence-corrected chi connectivity index (χ2v) is 6.31. The zero-order valence-electron chi connectivity index (χ0n) is 13.1. The molecule has 0 aliphatic heterocycles. The highest BCUT2D eigenvalue weighted by atomic mass is 79.9. The maximum atomic E-state index is 12.0. The number of nitrogens with one attached hydrogen (secondary N) is 1. The molecule has 24 heavy (non-hydrogen) atoms. The molecule has 1 N–H and O–H groups in total. The van der Waals surface area contributed by atoms with E-state index in [1.165, 1.54) is 0 Å². The van der Waals surface area contributed by atoms with Gasteiger partial charge in [-0.2, -0.15) is 4.98 Å². The summed E-state index contributed by atoms with van der Waals surface area (Å²) in [4.78, 5) is 16.4. The molecule has 6 heteroatoms. The van der Waals surface area contributed by atoms with Crippen molar-refractivity contribution in [2.24, 2.45) is 0 Å². The molecule has 0 radical (unpaired) electrons. The Labute approximate surface area is 148 Å². The first kappa shape index (κ1) is 16.4. The lowest BCUT2D eigenvalue weighted by Crippen LogP contribution is -2.25. The number of carbonyl (C=O) groups is 1. The van der Waals surface area contributed by atoms with Crippen LogP contribution in [0.15, 0.2) is 57.5 Å². The lowest BCUT2D eigenvalue weighted by Gasteiger charge is -2.03. The van der Waals surface area contributed by atoms with Gasteiger partial charge in [0.1, 0.15) is 0 Å². The monoisotopic (exact) mass is 385 g/mol. The van der Waals surface area contributed by atoms with Crippen LogP contribution in [0.25, 0.3) is 11.4 Å². The molecule has 3 rings (SSSR count). The van der Waals surface area contributed by atoms with Crippen LogP contribution in [0.1, 0.15) is 21.8 Å². The number of nitrogens with zero attached hydrogens (tertiary/aromatic N) is 2. The van der Waals surface area contributed by atoms with Gasteiger partial charge >= 0.3 is 0 Å². The van der Waals surface area contributed by atoms with Crippen LogP contribution in [-0.2, 0) is 6.42 Å². The average molecular weight is 386 g/mol. The Balaban J connectivity index is 1.56. The third kappa shape index (κ3) is 4.08. The fourth-order valence-electron chi connectivity index (χ4n) is 2.24. The van der Waals surface area contributed by atoms with Crippen LogP contribution >= 0.6 is 15.9 Å². The molecule has 122 valence electrons. The lowest BCUT2D eigenvalue weighted by atomic mass is 10.1. The van der Waals surface area contributed by atoms with Gasteiger partial charge in [-0.3, -0.25) is 4.79 Å². The van der Waals surface area contributed by atoms with Crippen molar-refractivity contribution in [3.8, 4) is 11.4 Å². The number of aromatic nitrogens is 2. The van der Waals surface area contributed by atoms with Crippen LogP contribution in [0.2, 0.25) is 0 Å². The molecule has 2 aromatic carbocycles. The number of hydrogen-bond acceptors (Lipinski definition) is 4. The SMILES string of the molecule is Cc1cccc(-c2noc(CCNC(=O)c3ccc(Br)cc3)n2)c1. The largest absolute Gasteiger partial charge is 0.352 e. The van der Waals surface area contributed by atoms with E-state index in [4.69, 9.17) is 4.52 Å². The van der Waals surface area contributed by atoms with Gasteiger partial charge in [-0.05, 0) is 37.3 Å². The van der Waals surface area contributed by atoms with Gasteiger partial charge in [0.05, 0.1) is 0 Å². The molecule has 0 aliphatic rings. The van der Waals surface area contributed by atoms with Crippen LogP contribution < -0.4 is 5.32 Å². The third-order valence-electron chi connectivity index (χ3n) is 3.48. The van der Waals surface area contributed by atoms with Crippen molar-refractivity contribution in [1.29, 1.82) is 0 Å². The van der Waals surface area contributed by atoms with Crippen molar-refractivity contribution in [1.82, 2.24) is 15.5 Å². The van der Waals surface area contributed by atoms with Gasteiger partial charge in [-0.15, -0.1) is 0 Å². The minimum absolute atomic E-state index is 0.124. The second-order valence-electron chi connectivity index (χ2n) is 5.39. The summed E-state index contributed by atoms with van der Waals surface area (Å²) in [6.45, 7) is 2.45. The van der Waals surface area contributed by atoms with Crippen molar-refractivity contribution in [3.63, 3.8) is 0 Å². The van der Waals surface area contributed by atoms with Crippen molar-refractivity contribution in [2.75, 3.05) is 6.54 Å². The van der Waals surface area contributed by atoms with E-state index in [1.54, 1.807) is 12.1 Å². The van der Waals surface area contributed by atoms with Gasteiger partial charge in [-0.25, -0.2) is 0 Å². The fraction of sp³-hybridized carbons (Fsp3) is 0.167. The number of hydrogen-bond donors (Lipinski definition) is 1.